The maximum absolute atomic E-state index is 13.2. The van der Waals surface area contributed by atoms with Crippen molar-refractivity contribution in [3.8, 4) is 0 Å². The molecule has 0 heterocycles. The number of anilines is 1. The number of hydrogen-bond donors (Lipinski definition) is 0. The average Bonchev–Trinajstić information content (AvgIpc) is 2.40. The van der Waals surface area contributed by atoms with Crippen molar-refractivity contribution in [1.29, 1.82) is 0 Å². The summed E-state index contributed by atoms with van der Waals surface area (Å²) in [6.45, 7) is 0. The maximum Gasteiger partial charge on any atom is 0.258 e. The van der Waals surface area contributed by atoms with E-state index < -0.39 is 0 Å². The number of carbonyl (C=O) groups is 1. The van der Waals surface area contributed by atoms with E-state index in [9.17, 15) is 9.18 Å². The van der Waals surface area contributed by atoms with Gasteiger partial charge in [0.15, 0.2) is 0 Å². The summed E-state index contributed by atoms with van der Waals surface area (Å²) in [5.74, 6) is -0.610. The Morgan fingerprint density at radius 2 is 2.00 bits per heavy atom. The van der Waals surface area contributed by atoms with Crippen molar-refractivity contribution < 1.29 is 9.18 Å². The van der Waals surface area contributed by atoms with E-state index in [-0.39, 0.29) is 11.7 Å². The van der Waals surface area contributed by atoms with Crippen molar-refractivity contribution in [1.82, 2.24) is 0 Å². The molecule has 2 aromatic rings. The van der Waals surface area contributed by atoms with E-state index in [1.807, 2.05) is 0 Å². The van der Waals surface area contributed by atoms with E-state index in [0.717, 1.165) is 3.57 Å². The van der Waals surface area contributed by atoms with Gasteiger partial charge in [0, 0.05) is 21.9 Å². The molecule has 2 aromatic carbocycles. The highest BCUT2D eigenvalue weighted by Gasteiger charge is 2.14. The number of amides is 1. The summed E-state index contributed by atoms with van der Waals surface area (Å²) in [7, 11) is 1.60. The fourth-order valence-electron chi connectivity index (χ4n) is 1.62. The van der Waals surface area contributed by atoms with Crippen molar-refractivity contribution in [2.45, 2.75) is 0 Å². The zero-order valence-corrected chi connectivity index (χ0v) is 12.9. The molecule has 0 aliphatic heterocycles. The zero-order valence-electron chi connectivity index (χ0n) is 10.0. The number of halogens is 3. The van der Waals surface area contributed by atoms with Gasteiger partial charge in [-0.3, -0.25) is 4.79 Å². The van der Waals surface area contributed by atoms with Crippen LogP contribution in [0.1, 0.15) is 10.4 Å². The lowest BCUT2D eigenvalue weighted by Gasteiger charge is -2.17. The van der Waals surface area contributed by atoms with Crippen molar-refractivity contribution in [3.63, 3.8) is 0 Å². The minimum absolute atomic E-state index is 0.232. The molecular weight excluding hydrogens is 380 g/mol. The van der Waals surface area contributed by atoms with Crippen molar-refractivity contribution in [3.05, 3.63) is 62.4 Å². The fourth-order valence-corrected chi connectivity index (χ4v) is 2.14. The smallest absolute Gasteiger partial charge is 0.258 e. The van der Waals surface area contributed by atoms with Crippen LogP contribution in [0.4, 0.5) is 10.1 Å². The summed E-state index contributed by atoms with van der Waals surface area (Å²) in [4.78, 5) is 13.7. The zero-order chi connectivity index (χ0) is 14.0. The second-order valence-electron chi connectivity index (χ2n) is 3.97. The lowest BCUT2D eigenvalue weighted by molar-refractivity contribution is 0.0993. The Hall–Kier alpha value is -1.14. The molecule has 0 aliphatic carbocycles. The quantitative estimate of drug-likeness (QED) is 0.699. The standard InChI is InChI=1S/C14H10ClFINO/c1-18(11-4-2-3-10(16)8-11)14(19)9-5-6-13(17)12(15)7-9/h2-8H,1H3. The Labute approximate surface area is 129 Å². The number of carbonyl (C=O) groups excluding carboxylic acids is 1. The molecule has 0 bridgehead atoms. The fraction of sp³-hybridized carbons (Fsp3) is 0.0714. The summed E-state index contributed by atoms with van der Waals surface area (Å²) in [6.07, 6.45) is 0. The predicted molar refractivity (Wildman–Crippen MR) is 83.3 cm³/mol. The Morgan fingerprint density at radius 1 is 1.26 bits per heavy atom. The Kier molecular flexibility index (Phi) is 4.42. The van der Waals surface area contributed by atoms with Crippen molar-refractivity contribution >= 4 is 45.8 Å². The van der Waals surface area contributed by atoms with E-state index in [2.05, 4.69) is 22.6 Å². The molecule has 5 heteroatoms. The van der Waals surface area contributed by atoms with Crippen LogP contribution in [0.15, 0.2) is 42.5 Å². The lowest BCUT2D eigenvalue weighted by atomic mass is 10.2. The van der Waals surface area contributed by atoms with Crippen LogP contribution < -0.4 is 4.90 Å². The van der Waals surface area contributed by atoms with Crippen LogP contribution in [0.2, 0.25) is 5.02 Å². The summed E-state index contributed by atoms with van der Waals surface area (Å²) in [6, 6.07) is 11.0. The lowest BCUT2D eigenvalue weighted by Crippen LogP contribution is -2.26. The molecule has 0 aliphatic rings. The molecule has 0 unspecified atom stereocenters. The third-order valence-corrected chi connectivity index (χ3v) is 4.24. The third-order valence-electron chi connectivity index (χ3n) is 2.67. The molecule has 0 aromatic heterocycles. The van der Waals surface area contributed by atoms with E-state index in [1.54, 1.807) is 37.4 Å². The highest BCUT2D eigenvalue weighted by Crippen LogP contribution is 2.22. The molecule has 0 fully saturated rings. The minimum atomic E-state index is -0.377. The van der Waals surface area contributed by atoms with Gasteiger partial charge in [-0.25, -0.2) is 4.39 Å². The maximum atomic E-state index is 13.2. The highest BCUT2D eigenvalue weighted by atomic mass is 127. The van der Waals surface area contributed by atoms with Gasteiger partial charge in [0.05, 0.1) is 5.02 Å². The predicted octanol–water partition coefficient (Wildman–Crippen LogP) is 4.36. The third kappa shape index (κ3) is 3.25. The number of benzene rings is 2. The molecule has 0 saturated carbocycles. The molecule has 0 spiro atoms. The second kappa shape index (κ2) is 5.88. The molecule has 0 N–H and O–H groups in total. The first-order valence-electron chi connectivity index (χ1n) is 5.47. The summed E-state index contributed by atoms with van der Waals surface area (Å²) >= 11 is 8.09. The molecule has 0 atom stereocenters. The van der Waals surface area contributed by atoms with Crippen LogP contribution in [0.5, 0.6) is 0 Å². The van der Waals surface area contributed by atoms with E-state index >= 15 is 0 Å². The molecule has 1 amide bonds. The van der Waals surface area contributed by atoms with Gasteiger partial charge in [-0.2, -0.15) is 0 Å². The van der Waals surface area contributed by atoms with Gasteiger partial charge in [0.25, 0.3) is 5.91 Å². The summed E-state index contributed by atoms with van der Waals surface area (Å²) < 4.78 is 14.0. The monoisotopic (exact) mass is 389 g/mol. The first kappa shape index (κ1) is 14.3. The number of nitrogens with zero attached hydrogens (tertiary/aromatic N) is 1. The van der Waals surface area contributed by atoms with Gasteiger partial charge < -0.3 is 4.90 Å². The van der Waals surface area contributed by atoms with E-state index in [0.29, 0.717) is 16.3 Å². The first-order valence-corrected chi connectivity index (χ1v) is 6.93. The van der Waals surface area contributed by atoms with Gasteiger partial charge in [-0.05, 0) is 59.0 Å². The van der Waals surface area contributed by atoms with Crippen LogP contribution in [0.3, 0.4) is 0 Å². The molecule has 0 radical (unpaired) electrons. The van der Waals surface area contributed by atoms with Crippen LogP contribution in [0.25, 0.3) is 0 Å². The van der Waals surface area contributed by atoms with Crippen molar-refractivity contribution in [2.75, 3.05) is 11.9 Å². The van der Waals surface area contributed by atoms with Gasteiger partial charge in [-0.15, -0.1) is 0 Å². The molecule has 98 valence electrons. The average molecular weight is 390 g/mol. The highest BCUT2D eigenvalue weighted by molar-refractivity contribution is 14.1. The topological polar surface area (TPSA) is 20.3 Å². The molecule has 2 nitrogen and oxygen atoms in total. The summed E-state index contributed by atoms with van der Waals surface area (Å²) in [5, 5.41) is 0.527. The number of rotatable bonds is 2. The molecular formula is C14H10ClFINO. The Morgan fingerprint density at radius 3 is 2.63 bits per heavy atom. The van der Waals surface area contributed by atoms with Crippen molar-refractivity contribution in [2.24, 2.45) is 0 Å². The molecule has 0 saturated heterocycles. The largest absolute Gasteiger partial charge is 0.311 e. The Bertz CT molecular complexity index is 633. The van der Waals surface area contributed by atoms with Gasteiger partial charge in [-0.1, -0.05) is 17.7 Å². The first-order chi connectivity index (χ1) is 8.99. The van der Waals surface area contributed by atoms with Gasteiger partial charge >= 0.3 is 0 Å². The SMILES string of the molecule is CN(C(=O)c1ccc(I)c(Cl)c1)c1cccc(F)c1. The minimum Gasteiger partial charge on any atom is -0.311 e. The molecule has 2 rings (SSSR count). The summed E-state index contributed by atoms with van der Waals surface area (Å²) in [5.41, 5.74) is 0.969. The normalized spacial score (nSPS) is 10.3. The Balaban J connectivity index is 2.30. The van der Waals surface area contributed by atoms with Gasteiger partial charge in [0.1, 0.15) is 5.82 Å². The van der Waals surface area contributed by atoms with E-state index in [4.69, 9.17) is 11.6 Å². The number of hydrogen-bond acceptors (Lipinski definition) is 1. The van der Waals surface area contributed by atoms with E-state index in [1.165, 1.54) is 17.0 Å². The van der Waals surface area contributed by atoms with Gasteiger partial charge in [0.2, 0.25) is 0 Å². The van der Waals surface area contributed by atoms with Crippen LogP contribution in [-0.2, 0) is 0 Å². The van der Waals surface area contributed by atoms with Crippen LogP contribution >= 0.6 is 34.2 Å². The molecule has 19 heavy (non-hydrogen) atoms. The van der Waals surface area contributed by atoms with Crippen LogP contribution in [0, 0.1) is 9.39 Å². The second-order valence-corrected chi connectivity index (χ2v) is 5.54. The van der Waals surface area contributed by atoms with Crippen LogP contribution in [-0.4, -0.2) is 13.0 Å².